The highest BCUT2D eigenvalue weighted by Gasteiger charge is 2.29. The zero-order valence-electron chi connectivity index (χ0n) is 17.2. The number of aromatic nitrogens is 2. The molecule has 5 rings (SSSR count). The molecule has 1 saturated heterocycles. The maximum atomic E-state index is 13.0. The number of hydrogen-bond donors (Lipinski definition) is 1. The van der Waals surface area contributed by atoms with Crippen LogP contribution in [0.5, 0.6) is 0 Å². The molecule has 0 radical (unpaired) electrons. The molecule has 3 aromatic rings. The highest BCUT2D eigenvalue weighted by atomic mass is 16.3. The van der Waals surface area contributed by atoms with Crippen molar-refractivity contribution in [2.75, 3.05) is 19.6 Å². The van der Waals surface area contributed by atoms with Crippen LogP contribution in [-0.4, -0.2) is 51.2 Å². The van der Waals surface area contributed by atoms with Crippen molar-refractivity contribution in [2.45, 2.75) is 38.6 Å². The Balaban J connectivity index is 1.34. The molecule has 2 amide bonds. The summed E-state index contributed by atoms with van der Waals surface area (Å²) >= 11 is 0. The van der Waals surface area contributed by atoms with E-state index in [1.54, 1.807) is 16.0 Å². The molecule has 8 heteroatoms. The number of nitrogens with one attached hydrogen (secondary N) is 1. The minimum absolute atomic E-state index is 0.0763. The zero-order valence-corrected chi connectivity index (χ0v) is 17.2. The molecule has 2 aliphatic heterocycles. The number of rotatable bonds is 3. The van der Waals surface area contributed by atoms with E-state index in [0.29, 0.717) is 44.1 Å². The summed E-state index contributed by atoms with van der Waals surface area (Å²) in [7, 11) is 0. The Labute approximate surface area is 178 Å². The number of nitrogens with zero attached hydrogens (tertiary/aromatic N) is 3. The van der Waals surface area contributed by atoms with Crippen molar-refractivity contribution in [2.24, 2.45) is 0 Å². The molecule has 1 aromatic carbocycles. The average Bonchev–Trinajstić information content (AvgIpc) is 3.21. The molecule has 1 N–H and O–H groups in total. The number of carbonyl (C=O) groups is 2. The summed E-state index contributed by atoms with van der Waals surface area (Å²) in [5.41, 5.74) is 2.87. The van der Waals surface area contributed by atoms with Crippen molar-refractivity contribution in [1.82, 2.24) is 19.8 Å². The smallest absolute Gasteiger partial charge is 0.261 e. The first-order chi connectivity index (χ1) is 15.1. The molecule has 31 heavy (non-hydrogen) atoms. The first-order valence-electron chi connectivity index (χ1n) is 10.7. The molecule has 0 atom stereocenters. The van der Waals surface area contributed by atoms with E-state index in [0.717, 1.165) is 35.9 Å². The maximum absolute atomic E-state index is 13.0. The van der Waals surface area contributed by atoms with Gasteiger partial charge in [0.25, 0.3) is 11.5 Å². The molecule has 1 fully saturated rings. The van der Waals surface area contributed by atoms with E-state index >= 15 is 0 Å². The Bertz CT molecular complexity index is 1170. The lowest BCUT2D eigenvalue weighted by Crippen LogP contribution is -2.42. The van der Waals surface area contributed by atoms with Crippen LogP contribution in [0, 0.1) is 0 Å². The molecule has 0 bridgehead atoms. The second-order valence-corrected chi connectivity index (χ2v) is 8.17. The SMILES string of the molecule is O=C(Cc1nc2ccccc2o1)N1CCc2c(c[nH]c(=O)c2C(=O)N2CCCCC2)C1. The van der Waals surface area contributed by atoms with Crippen LogP contribution in [0.4, 0.5) is 0 Å². The molecule has 0 saturated carbocycles. The Hall–Kier alpha value is -3.42. The standard InChI is InChI=1S/C23H24N4O4/c28-20(12-19-25-17-6-2-3-7-18(17)31-19)27-11-8-16-15(14-27)13-24-22(29)21(16)23(30)26-9-4-1-5-10-26/h2-3,6-7,13H,1,4-5,8-12,14H2,(H,24,29). The summed E-state index contributed by atoms with van der Waals surface area (Å²) in [4.78, 5) is 49.0. The molecule has 0 aliphatic carbocycles. The van der Waals surface area contributed by atoms with Gasteiger partial charge in [0.1, 0.15) is 17.5 Å². The lowest BCUT2D eigenvalue weighted by molar-refractivity contribution is -0.131. The van der Waals surface area contributed by atoms with Crippen molar-refractivity contribution in [1.29, 1.82) is 0 Å². The molecule has 0 unspecified atom stereocenters. The van der Waals surface area contributed by atoms with Gasteiger partial charge in [0.15, 0.2) is 5.58 Å². The summed E-state index contributed by atoms with van der Waals surface area (Å²) < 4.78 is 5.68. The fourth-order valence-electron chi connectivity index (χ4n) is 4.50. The Morgan fingerprint density at radius 2 is 1.87 bits per heavy atom. The predicted molar refractivity (Wildman–Crippen MR) is 114 cm³/mol. The number of likely N-dealkylation sites (tertiary alicyclic amines) is 1. The molecule has 4 heterocycles. The fourth-order valence-corrected chi connectivity index (χ4v) is 4.50. The van der Waals surface area contributed by atoms with Crippen LogP contribution < -0.4 is 5.56 Å². The number of aromatic amines is 1. The molecule has 2 aromatic heterocycles. The molecule has 0 spiro atoms. The summed E-state index contributed by atoms with van der Waals surface area (Å²) in [6.45, 7) is 2.19. The van der Waals surface area contributed by atoms with Crippen LogP contribution in [0.25, 0.3) is 11.1 Å². The van der Waals surface area contributed by atoms with Crippen molar-refractivity contribution < 1.29 is 14.0 Å². The second kappa shape index (κ2) is 8.02. The Morgan fingerprint density at radius 1 is 1.06 bits per heavy atom. The van der Waals surface area contributed by atoms with Crippen LogP contribution in [0.3, 0.4) is 0 Å². The Kier molecular flexibility index (Phi) is 5.05. The number of hydrogen-bond acceptors (Lipinski definition) is 5. The van der Waals surface area contributed by atoms with Gasteiger partial charge in [-0.1, -0.05) is 12.1 Å². The number of oxazole rings is 1. The van der Waals surface area contributed by atoms with Gasteiger partial charge in [0.2, 0.25) is 11.8 Å². The van der Waals surface area contributed by atoms with Crippen molar-refractivity contribution in [3.8, 4) is 0 Å². The largest absolute Gasteiger partial charge is 0.440 e. The van der Waals surface area contributed by atoms with E-state index in [9.17, 15) is 14.4 Å². The topological polar surface area (TPSA) is 99.5 Å². The van der Waals surface area contributed by atoms with E-state index < -0.39 is 0 Å². The third-order valence-electron chi connectivity index (χ3n) is 6.14. The number of benzene rings is 1. The summed E-state index contributed by atoms with van der Waals surface area (Å²) in [6.07, 6.45) is 5.24. The second-order valence-electron chi connectivity index (χ2n) is 8.17. The number of amides is 2. The first-order valence-corrected chi connectivity index (χ1v) is 10.7. The van der Waals surface area contributed by atoms with Gasteiger partial charge >= 0.3 is 0 Å². The lowest BCUT2D eigenvalue weighted by atomic mass is 9.95. The van der Waals surface area contributed by atoms with E-state index in [1.807, 2.05) is 24.3 Å². The van der Waals surface area contributed by atoms with E-state index in [2.05, 4.69) is 9.97 Å². The number of piperidine rings is 1. The molecular formula is C23H24N4O4. The third kappa shape index (κ3) is 3.73. The van der Waals surface area contributed by atoms with Gasteiger partial charge in [-0.25, -0.2) is 4.98 Å². The highest BCUT2D eigenvalue weighted by Crippen LogP contribution is 2.23. The first kappa shape index (κ1) is 19.5. The number of para-hydroxylation sites is 2. The van der Waals surface area contributed by atoms with Gasteiger partial charge in [-0.3, -0.25) is 14.4 Å². The van der Waals surface area contributed by atoms with Crippen LogP contribution >= 0.6 is 0 Å². The molecule has 8 nitrogen and oxygen atoms in total. The van der Waals surface area contributed by atoms with Gasteiger partial charge in [0, 0.05) is 32.4 Å². The van der Waals surface area contributed by atoms with Crippen molar-refractivity contribution in [3.05, 3.63) is 63.4 Å². The predicted octanol–water partition coefficient (Wildman–Crippen LogP) is 2.27. The fraction of sp³-hybridized carbons (Fsp3) is 0.391. The average molecular weight is 420 g/mol. The number of fused-ring (bicyclic) bond motifs is 2. The molecular weight excluding hydrogens is 396 g/mol. The van der Waals surface area contributed by atoms with Crippen molar-refractivity contribution in [3.63, 3.8) is 0 Å². The summed E-state index contributed by atoms with van der Waals surface area (Å²) in [5, 5.41) is 0. The monoisotopic (exact) mass is 420 g/mol. The third-order valence-corrected chi connectivity index (χ3v) is 6.14. The minimum atomic E-state index is -0.347. The summed E-state index contributed by atoms with van der Waals surface area (Å²) in [5.74, 6) is 0.107. The van der Waals surface area contributed by atoms with Crippen LogP contribution in [0.15, 0.2) is 39.7 Å². The van der Waals surface area contributed by atoms with Gasteiger partial charge in [0.05, 0.1) is 0 Å². The number of carbonyl (C=O) groups excluding carboxylic acids is 2. The Morgan fingerprint density at radius 3 is 2.68 bits per heavy atom. The van der Waals surface area contributed by atoms with E-state index in [-0.39, 0.29) is 29.4 Å². The van der Waals surface area contributed by atoms with Gasteiger partial charge in [-0.2, -0.15) is 0 Å². The van der Waals surface area contributed by atoms with Gasteiger partial charge in [-0.15, -0.1) is 0 Å². The van der Waals surface area contributed by atoms with E-state index in [1.165, 1.54) is 0 Å². The van der Waals surface area contributed by atoms with Gasteiger partial charge < -0.3 is 19.2 Å². The molecule has 160 valence electrons. The lowest BCUT2D eigenvalue weighted by Gasteiger charge is -2.31. The minimum Gasteiger partial charge on any atom is -0.440 e. The summed E-state index contributed by atoms with van der Waals surface area (Å²) in [6, 6.07) is 7.41. The normalized spacial score (nSPS) is 16.4. The van der Waals surface area contributed by atoms with Crippen LogP contribution in [-0.2, 0) is 24.2 Å². The van der Waals surface area contributed by atoms with Crippen LogP contribution in [0.1, 0.15) is 46.6 Å². The van der Waals surface area contributed by atoms with Crippen molar-refractivity contribution >= 4 is 22.9 Å². The quantitative estimate of drug-likeness (QED) is 0.701. The van der Waals surface area contributed by atoms with E-state index in [4.69, 9.17) is 4.42 Å². The maximum Gasteiger partial charge on any atom is 0.261 e. The van der Waals surface area contributed by atoms with Gasteiger partial charge in [-0.05, 0) is 48.9 Å². The van der Waals surface area contributed by atoms with Crippen LogP contribution in [0.2, 0.25) is 0 Å². The highest BCUT2D eigenvalue weighted by molar-refractivity contribution is 5.96. The number of H-pyrrole nitrogens is 1. The number of pyridine rings is 1. The zero-order chi connectivity index (χ0) is 21.4. The molecule has 2 aliphatic rings.